The van der Waals surface area contributed by atoms with Gasteiger partial charge in [0.2, 0.25) is 0 Å². The molecule has 3 rings (SSSR count). The molecule has 0 aromatic heterocycles. The van der Waals surface area contributed by atoms with Crippen LogP contribution in [0.25, 0.3) is 0 Å². The van der Waals surface area contributed by atoms with Gasteiger partial charge in [0, 0.05) is 6.04 Å². The van der Waals surface area contributed by atoms with Crippen molar-refractivity contribution in [3.05, 3.63) is 0 Å². The number of hydrogen-bond acceptors (Lipinski definition) is 3. The minimum atomic E-state index is -1.39. The molecule has 4 N–H and O–H groups in total. The number of carboxylic acid groups (broad SMARTS) is 2. The molecule has 0 aromatic rings. The summed E-state index contributed by atoms with van der Waals surface area (Å²) in [6, 6.07) is -1.80. The summed E-state index contributed by atoms with van der Waals surface area (Å²) < 4.78 is 0. The van der Waals surface area contributed by atoms with E-state index in [9.17, 15) is 14.4 Å². The van der Waals surface area contributed by atoms with Crippen LogP contribution in [-0.2, 0) is 9.59 Å². The molecule has 2 amide bonds. The molecule has 3 fully saturated rings. The average Bonchev–Trinajstić information content (AvgIpc) is 2.76. The molecule has 0 spiro atoms. The molecule has 0 heterocycles. The lowest BCUT2D eigenvalue weighted by Gasteiger charge is -2.15. The molecule has 3 aliphatic carbocycles. The summed E-state index contributed by atoms with van der Waals surface area (Å²) in [4.78, 5) is 33.2. The van der Waals surface area contributed by atoms with Gasteiger partial charge in [-0.05, 0) is 42.9 Å². The maximum absolute atomic E-state index is 11.8. The first-order chi connectivity index (χ1) is 9.47. The molecule has 0 aliphatic heterocycles. The van der Waals surface area contributed by atoms with Crippen LogP contribution in [0.3, 0.4) is 0 Å². The molecule has 20 heavy (non-hydrogen) atoms. The molecule has 0 radical (unpaired) electrons. The molecular weight excluding hydrogens is 264 g/mol. The quantitative estimate of drug-likeness (QED) is 0.577. The lowest BCUT2D eigenvalue weighted by Crippen LogP contribution is -2.48. The van der Waals surface area contributed by atoms with Gasteiger partial charge in [-0.2, -0.15) is 0 Å². The summed E-state index contributed by atoms with van der Waals surface area (Å²) in [5.74, 6) is -0.0451. The van der Waals surface area contributed by atoms with E-state index >= 15 is 0 Å². The van der Waals surface area contributed by atoms with Crippen LogP contribution in [0.2, 0.25) is 0 Å². The molecule has 7 nitrogen and oxygen atoms in total. The first-order valence-corrected chi connectivity index (χ1v) is 6.99. The van der Waals surface area contributed by atoms with E-state index in [2.05, 4.69) is 10.6 Å². The second-order valence-electron chi connectivity index (χ2n) is 6.12. The zero-order valence-corrected chi connectivity index (χ0v) is 10.9. The Morgan fingerprint density at radius 2 is 1.70 bits per heavy atom. The molecule has 0 saturated heterocycles. The minimum Gasteiger partial charge on any atom is -0.481 e. The topological polar surface area (TPSA) is 116 Å². The van der Waals surface area contributed by atoms with E-state index in [1.807, 2.05) is 0 Å². The van der Waals surface area contributed by atoms with E-state index in [0.29, 0.717) is 23.7 Å². The van der Waals surface area contributed by atoms with Crippen molar-refractivity contribution in [2.75, 3.05) is 0 Å². The third kappa shape index (κ3) is 2.21. The normalized spacial score (nSPS) is 37.9. The molecule has 110 valence electrons. The van der Waals surface area contributed by atoms with Crippen LogP contribution < -0.4 is 10.6 Å². The first-order valence-electron chi connectivity index (χ1n) is 6.99. The van der Waals surface area contributed by atoms with Crippen molar-refractivity contribution in [1.82, 2.24) is 10.6 Å². The summed E-state index contributed by atoms with van der Waals surface area (Å²) in [5, 5.41) is 22.5. The Hall–Kier alpha value is -1.79. The van der Waals surface area contributed by atoms with E-state index in [4.69, 9.17) is 10.2 Å². The molecule has 4 unspecified atom stereocenters. The Balaban J connectivity index is 1.50. The van der Waals surface area contributed by atoms with E-state index in [0.717, 1.165) is 0 Å². The predicted octanol–water partition coefficient (Wildman–Crippen LogP) is 0.258. The number of carboxylic acids is 2. The van der Waals surface area contributed by atoms with E-state index in [1.165, 1.54) is 19.3 Å². The third-order valence-corrected chi connectivity index (χ3v) is 5.02. The molecule has 0 aromatic carbocycles. The minimum absolute atomic E-state index is 0.153. The summed E-state index contributed by atoms with van der Waals surface area (Å²) in [7, 11) is 0. The number of nitrogens with one attached hydrogen (secondary N) is 2. The predicted molar refractivity (Wildman–Crippen MR) is 66.9 cm³/mol. The fourth-order valence-electron chi connectivity index (χ4n) is 4.24. The summed E-state index contributed by atoms with van der Waals surface area (Å²) in [6.45, 7) is 0. The SMILES string of the molecule is O=C(O)C[C@@H](NC(=O)NC1C2C3CCC(C3)C12)C(=O)O. The Kier molecular flexibility index (Phi) is 3.07. The number of rotatable bonds is 5. The zero-order valence-electron chi connectivity index (χ0n) is 10.9. The van der Waals surface area contributed by atoms with Gasteiger partial charge in [-0.3, -0.25) is 4.79 Å². The Morgan fingerprint density at radius 1 is 1.10 bits per heavy atom. The van der Waals surface area contributed by atoms with Crippen molar-refractivity contribution in [2.24, 2.45) is 23.7 Å². The fourth-order valence-corrected chi connectivity index (χ4v) is 4.24. The summed E-state index contributed by atoms with van der Waals surface area (Å²) in [5.41, 5.74) is 0. The van der Waals surface area contributed by atoms with Crippen LogP contribution in [0.1, 0.15) is 25.7 Å². The van der Waals surface area contributed by atoms with E-state index < -0.39 is 30.4 Å². The summed E-state index contributed by atoms with van der Waals surface area (Å²) in [6.07, 6.45) is 3.13. The van der Waals surface area contributed by atoms with Crippen LogP contribution in [0.15, 0.2) is 0 Å². The molecule has 3 aliphatic rings. The fraction of sp³-hybridized carbons (Fsp3) is 0.769. The Labute approximate surface area is 115 Å². The smallest absolute Gasteiger partial charge is 0.326 e. The third-order valence-electron chi connectivity index (χ3n) is 5.02. The Bertz CT molecular complexity index is 450. The number of aliphatic carboxylic acids is 2. The van der Waals surface area contributed by atoms with Gasteiger partial charge in [0.15, 0.2) is 0 Å². The second kappa shape index (κ2) is 4.64. The number of carbonyl (C=O) groups excluding carboxylic acids is 1. The molecule has 5 atom stereocenters. The monoisotopic (exact) mass is 282 g/mol. The number of urea groups is 1. The number of carbonyl (C=O) groups is 3. The van der Waals surface area contributed by atoms with Crippen LogP contribution in [0.4, 0.5) is 4.79 Å². The lowest BCUT2D eigenvalue weighted by atomic mass is 10.0. The maximum Gasteiger partial charge on any atom is 0.326 e. The highest BCUT2D eigenvalue weighted by Crippen LogP contribution is 2.65. The Morgan fingerprint density at radius 3 is 2.20 bits per heavy atom. The molecule has 7 heteroatoms. The van der Waals surface area contributed by atoms with Gasteiger partial charge in [-0.15, -0.1) is 0 Å². The molecule has 3 saturated carbocycles. The van der Waals surface area contributed by atoms with Crippen LogP contribution >= 0.6 is 0 Å². The van der Waals surface area contributed by atoms with Crippen LogP contribution in [0, 0.1) is 23.7 Å². The van der Waals surface area contributed by atoms with Gasteiger partial charge < -0.3 is 20.8 Å². The summed E-state index contributed by atoms with van der Waals surface area (Å²) >= 11 is 0. The number of amides is 2. The molecular formula is C13H18N2O5. The van der Waals surface area contributed by atoms with Gasteiger partial charge in [0.1, 0.15) is 6.04 Å². The lowest BCUT2D eigenvalue weighted by molar-refractivity contribution is -0.145. The van der Waals surface area contributed by atoms with Gasteiger partial charge in [0.05, 0.1) is 6.42 Å². The highest BCUT2D eigenvalue weighted by molar-refractivity contribution is 5.86. The van der Waals surface area contributed by atoms with E-state index in [-0.39, 0.29) is 6.04 Å². The van der Waals surface area contributed by atoms with Crippen molar-refractivity contribution in [1.29, 1.82) is 0 Å². The number of hydrogen-bond donors (Lipinski definition) is 4. The second-order valence-corrected chi connectivity index (χ2v) is 6.12. The highest BCUT2D eigenvalue weighted by Gasteiger charge is 2.65. The van der Waals surface area contributed by atoms with Gasteiger partial charge in [-0.1, -0.05) is 0 Å². The highest BCUT2D eigenvalue weighted by atomic mass is 16.4. The zero-order chi connectivity index (χ0) is 14.4. The largest absolute Gasteiger partial charge is 0.481 e. The standard InChI is InChI=1S/C13H18N2O5/c16-8(17)4-7(12(18)19)14-13(20)15-11-9-5-1-2-6(3-5)10(9)11/h5-7,9-11H,1-4H2,(H,16,17)(H,18,19)(H2,14,15,20)/t5?,6?,7-,9?,10?,11?/m1/s1. The van der Waals surface area contributed by atoms with Crippen molar-refractivity contribution < 1.29 is 24.6 Å². The van der Waals surface area contributed by atoms with Crippen molar-refractivity contribution >= 4 is 18.0 Å². The first kappa shape index (κ1) is 13.2. The van der Waals surface area contributed by atoms with Crippen molar-refractivity contribution in [3.8, 4) is 0 Å². The average molecular weight is 282 g/mol. The maximum atomic E-state index is 11.8. The van der Waals surface area contributed by atoms with Gasteiger partial charge >= 0.3 is 18.0 Å². The van der Waals surface area contributed by atoms with E-state index in [1.54, 1.807) is 0 Å². The van der Waals surface area contributed by atoms with Crippen molar-refractivity contribution in [3.63, 3.8) is 0 Å². The van der Waals surface area contributed by atoms with Crippen molar-refractivity contribution in [2.45, 2.75) is 37.8 Å². The molecule has 2 bridgehead atoms. The number of fused-ring (bicyclic) bond motifs is 5. The van der Waals surface area contributed by atoms with Gasteiger partial charge in [0.25, 0.3) is 0 Å². The van der Waals surface area contributed by atoms with Crippen LogP contribution in [-0.4, -0.2) is 40.3 Å². The van der Waals surface area contributed by atoms with Gasteiger partial charge in [-0.25, -0.2) is 9.59 Å². The van der Waals surface area contributed by atoms with Crippen LogP contribution in [0.5, 0.6) is 0 Å².